The number of nitrogen functional groups attached to an aromatic ring is 1. The molecule has 0 atom stereocenters. The van der Waals surface area contributed by atoms with E-state index < -0.39 is 0 Å². The smallest absolute Gasteiger partial charge is 0.230 e. The SMILES string of the molecule is COc1ccccc1OCc1nc(N)nc(N(C)C)n1. The van der Waals surface area contributed by atoms with Crippen molar-refractivity contribution >= 4 is 11.9 Å². The van der Waals surface area contributed by atoms with E-state index in [9.17, 15) is 0 Å². The average molecular weight is 275 g/mol. The van der Waals surface area contributed by atoms with E-state index in [-0.39, 0.29) is 12.6 Å². The van der Waals surface area contributed by atoms with Crippen LogP contribution in [0, 0.1) is 0 Å². The van der Waals surface area contributed by atoms with Crippen LogP contribution in [-0.4, -0.2) is 36.2 Å². The van der Waals surface area contributed by atoms with Crippen molar-refractivity contribution in [1.29, 1.82) is 0 Å². The third kappa shape index (κ3) is 3.25. The van der Waals surface area contributed by atoms with Gasteiger partial charge in [0.2, 0.25) is 11.9 Å². The number of nitrogens with two attached hydrogens (primary N) is 1. The summed E-state index contributed by atoms with van der Waals surface area (Å²) in [7, 11) is 5.26. The molecule has 7 heteroatoms. The molecule has 1 aromatic heterocycles. The van der Waals surface area contributed by atoms with Crippen LogP contribution in [-0.2, 0) is 6.61 Å². The number of hydrogen-bond acceptors (Lipinski definition) is 7. The Balaban J connectivity index is 2.14. The minimum atomic E-state index is 0.169. The molecule has 0 aliphatic carbocycles. The van der Waals surface area contributed by atoms with Gasteiger partial charge in [-0.3, -0.25) is 0 Å². The first-order chi connectivity index (χ1) is 9.60. The molecule has 0 spiro atoms. The zero-order valence-electron chi connectivity index (χ0n) is 11.7. The van der Waals surface area contributed by atoms with E-state index >= 15 is 0 Å². The largest absolute Gasteiger partial charge is 0.493 e. The summed E-state index contributed by atoms with van der Waals surface area (Å²) in [5.41, 5.74) is 5.65. The highest BCUT2D eigenvalue weighted by Gasteiger charge is 2.08. The maximum absolute atomic E-state index is 5.65. The molecule has 1 aromatic carbocycles. The highest BCUT2D eigenvalue weighted by molar-refractivity contribution is 5.39. The van der Waals surface area contributed by atoms with Crippen molar-refractivity contribution in [1.82, 2.24) is 15.0 Å². The number of para-hydroxylation sites is 2. The first-order valence-electron chi connectivity index (χ1n) is 6.03. The van der Waals surface area contributed by atoms with Crippen LogP contribution in [0.4, 0.5) is 11.9 Å². The van der Waals surface area contributed by atoms with Crippen LogP contribution < -0.4 is 20.1 Å². The summed E-state index contributed by atoms with van der Waals surface area (Å²) in [6, 6.07) is 7.38. The molecule has 0 bridgehead atoms. The summed E-state index contributed by atoms with van der Waals surface area (Å²) >= 11 is 0. The minimum Gasteiger partial charge on any atom is -0.493 e. The highest BCUT2D eigenvalue weighted by Crippen LogP contribution is 2.26. The average Bonchev–Trinajstić information content (AvgIpc) is 2.44. The Bertz CT molecular complexity index is 589. The fourth-order valence-electron chi connectivity index (χ4n) is 1.57. The van der Waals surface area contributed by atoms with Crippen LogP contribution >= 0.6 is 0 Å². The van der Waals surface area contributed by atoms with Gasteiger partial charge in [0.1, 0.15) is 6.61 Å². The lowest BCUT2D eigenvalue weighted by atomic mass is 10.3. The van der Waals surface area contributed by atoms with Crippen molar-refractivity contribution in [2.24, 2.45) is 0 Å². The summed E-state index contributed by atoms with van der Waals surface area (Å²) in [6.07, 6.45) is 0. The molecule has 0 amide bonds. The maximum Gasteiger partial charge on any atom is 0.230 e. The van der Waals surface area contributed by atoms with E-state index in [4.69, 9.17) is 15.2 Å². The molecular weight excluding hydrogens is 258 g/mol. The molecule has 0 aliphatic rings. The van der Waals surface area contributed by atoms with E-state index in [1.165, 1.54) is 0 Å². The van der Waals surface area contributed by atoms with E-state index in [0.717, 1.165) is 0 Å². The number of methoxy groups -OCH3 is 1. The first kappa shape index (κ1) is 13.9. The molecule has 0 aliphatic heterocycles. The number of nitrogens with zero attached hydrogens (tertiary/aromatic N) is 4. The second-order valence-corrected chi connectivity index (χ2v) is 4.24. The molecule has 0 saturated carbocycles. The molecule has 2 N–H and O–H groups in total. The van der Waals surface area contributed by atoms with E-state index in [2.05, 4.69) is 15.0 Å². The van der Waals surface area contributed by atoms with Crippen molar-refractivity contribution in [2.45, 2.75) is 6.61 Å². The first-order valence-corrected chi connectivity index (χ1v) is 6.03. The predicted molar refractivity (Wildman–Crippen MR) is 75.9 cm³/mol. The normalized spacial score (nSPS) is 10.2. The van der Waals surface area contributed by atoms with E-state index in [0.29, 0.717) is 23.3 Å². The standard InChI is InChI=1S/C13H17N5O2/c1-18(2)13-16-11(15-12(14)17-13)8-20-10-7-5-4-6-9(10)19-3/h4-7H,8H2,1-3H3,(H2,14,15,16,17). The Kier molecular flexibility index (Phi) is 4.19. The van der Waals surface area contributed by atoms with Crippen molar-refractivity contribution in [3.63, 3.8) is 0 Å². The zero-order chi connectivity index (χ0) is 14.5. The molecule has 2 aromatic rings. The Morgan fingerprint density at radius 3 is 2.45 bits per heavy atom. The van der Waals surface area contributed by atoms with Crippen molar-refractivity contribution in [3.05, 3.63) is 30.1 Å². The van der Waals surface area contributed by atoms with Gasteiger partial charge in [0.15, 0.2) is 17.3 Å². The summed E-state index contributed by atoms with van der Waals surface area (Å²) < 4.78 is 10.9. The number of hydrogen-bond donors (Lipinski definition) is 1. The van der Waals surface area contributed by atoms with Crippen molar-refractivity contribution in [3.8, 4) is 11.5 Å². The molecule has 20 heavy (non-hydrogen) atoms. The lowest BCUT2D eigenvalue weighted by Crippen LogP contribution is -2.17. The molecule has 0 radical (unpaired) electrons. The van der Waals surface area contributed by atoms with Gasteiger partial charge in [0.25, 0.3) is 0 Å². The van der Waals surface area contributed by atoms with Crippen LogP contribution in [0.15, 0.2) is 24.3 Å². The predicted octanol–water partition coefficient (Wildman–Crippen LogP) is 1.11. The fraction of sp³-hybridized carbons (Fsp3) is 0.308. The van der Waals surface area contributed by atoms with Crippen molar-refractivity contribution in [2.75, 3.05) is 31.8 Å². The molecule has 0 unspecified atom stereocenters. The van der Waals surface area contributed by atoms with Gasteiger partial charge >= 0.3 is 0 Å². The Hall–Kier alpha value is -2.57. The van der Waals surface area contributed by atoms with E-state index in [1.54, 1.807) is 12.0 Å². The van der Waals surface area contributed by atoms with Crippen LogP contribution in [0.3, 0.4) is 0 Å². The van der Waals surface area contributed by atoms with Gasteiger partial charge in [0.05, 0.1) is 7.11 Å². The van der Waals surface area contributed by atoms with Crippen LogP contribution in [0.5, 0.6) is 11.5 Å². The quantitative estimate of drug-likeness (QED) is 0.874. The Morgan fingerprint density at radius 2 is 1.80 bits per heavy atom. The van der Waals surface area contributed by atoms with Crippen LogP contribution in [0.1, 0.15) is 5.82 Å². The molecule has 2 rings (SSSR count). The molecule has 0 saturated heterocycles. The number of benzene rings is 1. The number of rotatable bonds is 5. The van der Waals surface area contributed by atoms with Gasteiger partial charge in [-0.1, -0.05) is 12.1 Å². The number of anilines is 2. The topological polar surface area (TPSA) is 86.4 Å². The minimum absolute atomic E-state index is 0.169. The monoisotopic (exact) mass is 275 g/mol. The van der Waals surface area contributed by atoms with Crippen LogP contribution in [0.25, 0.3) is 0 Å². The molecule has 1 heterocycles. The van der Waals surface area contributed by atoms with Gasteiger partial charge in [-0.25, -0.2) is 0 Å². The number of ether oxygens (including phenoxy) is 2. The molecule has 106 valence electrons. The summed E-state index contributed by atoms with van der Waals surface area (Å²) in [4.78, 5) is 14.1. The van der Waals surface area contributed by atoms with Gasteiger partial charge in [-0.05, 0) is 12.1 Å². The van der Waals surface area contributed by atoms with Gasteiger partial charge in [-0.15, -0.1) is 0 Å². The summed E-state index contributed by atoms with van der Waals surface area (Å²) in [6.45, 7) is 0.188. The third-order valence-corrected chi connectivity index (χ3v) is 2.51. The van der Waals surface area contributed by atoms with Gasteiger partial charge in [0, 0.05) is 14.1 Å². The van der Waals surface area contributed by atoms with Gasteiger partial charge in [-0.2, -0.15) is 15.0 Å². The Morgan fingerprint density at radius 1 is 1.10 bits per heavy atom. The second kappa shape index (κ2) is 6.05. The lowest BCUT2D eigenvalue weighted by Gasteiger charge is -2.12. The molecule has 7 nitrogen and oxygen atoms in total. The molecular formula is C13H17N5O2. The van der Waals surface area contributed by atoms with Crippen LogP contribution in [0.2, 0.25) is 0 Å². The van der Waals surface area contributed by atoms with Gasteiger partial charge < -0.3 is 20.1 Å². The second-order valence-electron chi connectivity index (χ2n) is 4.24. The number of aromatic nitrogens is 3. The van der Waals surface area contributed by atoms with Crippen molar-refractivity contribution < 1.29 is 9.47 Å². The fourth-order valence-corrected chi connectivity index (χ4v) is 1.57. The van der Waals surface area contributed by atoms with E-state index in [1.807, 2.05) is 38.4 Å². The molecule has 0 fully saturated rings. The lowest BCUT2D eigenvalue weighted by molar-refractivity contribution is 0.276. The zero-order valence-corrected chi connectivity index (χ0v) is 11.7. The third-order valence-electron chi connectivity index (χ3n) is 2.51. The summed E-state index contributed by atoms with van der Waals surface area (Å²) in [5, 5.41) is 0. The Labute approximate surface area is 117 Å². The maximum atomic E-state index is 5.65. The summed E-state index contributed by atoms with van der Waals surface area (Å²) in [5.74, 6) is 2.41. The highest BCUT2D eigenvalue weighted by atomic mass is 16.5.